The average molecular weight is 335 g/mol. The third kappa shape index (κ3) is 3.17. The highest BCUT2D eigenvalue weighted by molar-refractivity contribution is 6.12. The summed E-state index contributed by atoms with van der Waals surface area (Å²) >= 11 is 0. The molecule has 0 amide bonds. The zero-order chi connectivity index (χ0) is 17.8. The molecule has 2 heteroatoms. The highest BCUT2D eigenvalue weighted by Crippen LogP contribution is 2.28. The van der Waals surface area contributed by atoms with Gasteiger partial charge in [0.25, 0.3) is 0 Å². The lowest BCUT2D eigenvalue weighted by Gasteiger charge is -2.10. The Bertz CT molecular complexity index is 1020. The molecule has 0 bridgehead atoms. The number of benzene rings is 3. The van der Waals surface area contributed by atoms with Crippen molar-refractivity contribution in [3.05, 3.63) is 115 Å². The molecule has 124 valence electrons. The minimum absolute atomic E-state index is 0.0131. The van der Waals surface area contributed by atoms with E-state index >= 15 is 0 Å². The number of nitrogens with zero attached hydrogens (tertiary/aromatic N) is 1. The molecule has 0 aliphatic carbocycles. The Morgan fingerprint density at radius 1 is 0.615 bits per heavy atom. The van der Waals surface area contributed by atoms with Crippen LogP contribution < -0.4 is 0 Å². The molecule has 0 radical (unpaired) electrons. The van der Waals surface area contributed by atoms with Crippen LogP contribution in [0.4, 0.5) is 0 Å². The fraction of sp³-hybridized carbons (Fsp3) is 0. The van der Waals surface area contributed by atoms with Crippen LogP contribution in [0.5, 0.6) is 0 Å². The second-order valence-corrected chi connectivity index (χ2v) is 6.06. The number of carbonyl (C=O) groups is 1. The molecule has 2 nitrogen and oxygen atoms in total. The fourth-order valence-electron chi connectivity index (χ4n) is 3.04. The van der Waals surface area contributed by atoms with Crippen molar-refractivity contribution < 1.29 is 4.79 Å². The highest BCUT2D eigenvalue weighted by Gasteiger charge is 2.14. The molecule has 0 spiro atoms. The molecule has 1 heterocycles. The van der Waals surface area contributed by atoms with E-state index in [0.29, 0.717) is 11.1 Å². The Balaban J connectivity index is 1.72. The quantitative estimate of drug-likeness (QED) is 0.451. The van der Waals surface area contributed by atoms with Crippen molar-refractivity contribution >= 4 is 5.78 Å². The van der Waals surface area contributed by atoms with E-state index in [1.54, 1.807) is 12.4 Å². The van der Waals surface area contributed by atoms with Crippen LogP contribution in [0.1, 0.15) is 15.9 Å². The normalized spacial score (nSPS) is 10.5. The topological polar surface area (TPSA) is 30.0 Å². The van der Waals surface area contributed by atoms with Gasteiger partial charge in [-0.1, -0.05) is 84.9 Å². The molecule has 3 aromatic carbocycles. The Morgan fingerprint density at radius 3 is 1.88 bits per heavy atom. The van der Waals surface area contributed by atoms with E-state index in [1.807, 2.05) is 54.6 Å². The minimum Gasteiger partial charge on any atom is -0.289 e. The number of carbonyl (C=O) groups excluding carboxylic acids is 1. The Morgan fingerprint density at radius 2 is 1.19 bits per heavy atom. The van der Waals surface area contributed by atoms with Gasteiger partial charge in [-0.05, 0) is 28.3 Å². The van der Waals surface area contributed by atoms with Crippen LogP contribution in [-0.2, 0) is 0 Å². The molecule has 4 rings (SSSR count). The summed E-state index contributed by atoms with van der Waals surface area (Å²) in [5, 5.41) is 0. The minimum atomic E-state index is -0.0131. The van der Waals surface area contributed by atoms with Gasteiger partial charge in [0.15, 0.2) is 5.78 Å². The summed E-state index contributed by atoms with van der Waals surface area (Å²) in [6, 6.07) is 29.7. The van der Waals surface area contributed by atoms with E-state index in [2.05, 4.69) is 41.4 Å². The van der Waals surface area contributed by atoms with E-state index < -0.39 is 0 Å². The van der Waals surface area contributed by atoms with Gasteiger partial charge in [0.1, 0.15) is 0 Å². The predicted molar refractivity (Wildman–Crippen MR) is 105 cm³/mol. The molecule has 0 unspecified atom stereocenters. The van der Waals surface area contributed by atoms with Crippen molar-refractivity contribution in [1.29, 1.82) is 0 Å². The maximum Gasteiger partial charge on any atom is 0.195 e. The predicted octanol–water partition coefficient (Wildman–Crippen LogP) is 5.65. The molecule has 1 aromatic heterocycles. The van der Waals surface area contributed by atoms with Crippen LogP contribution in [0.3, 0.4) is 0 Å². The van der Waals surface area contributed by atoms with Crippen LogP contribution in [0.2, 0.25) is 0 Å². The van der Waals surface area contributed by atoms with Crippen molar-refractivity contribution in [3.8, 4) is 22.3 Å². The molecule has 0 atom stereocenters. The molecule has 0 N–H and O–H groups in total. The largest absolute Gasteiger partial charge is 0.289 e. The van der Waals surface area contributed by atoms with Crippen molar-refractivity contribution in [2.45, 2.75) is 0 Å². The van der Waals surface area contributed by atoms with E-state index in [9.17, 15) is 4.79 Å². The standard InChI is InChI=1S/C24H17NO/c26-24(21-9-5-2-6-10-21)23-17-25-16-15-22(23)20-13-11-19(12-14-20)18-7-3-1-4-8-18/h1-17H. The Labute approximate surface area is 152 Å². The van der Waals surface area contributed by atoms with Gasteiger partial charge < -0.3 is 0 Å². The van der Waals surface area contributed by atoms with E-state index in [1.165, 1.54) is 5.56 Å². The van der Waals surface area contributed by atoms with Crippen molar-refractivity contribution in [2.24, 2.45) is 0 Å². The number of hydrogen-bond donors (Lipinski definition) is 0. The first kappa shape index (κ1) is 16.0. The molecule has 0 aliphatic heterocycles. The summed E-state index contributed by atoms with van der Waals surface area (Å²) < 4.78 is 0. The van der Waals surface area contributed by atoms with E-state index in [-0.39, 0.29) is 5.78 Å². The average Bonchev–Trinajstić information content (AvgIpc) is 2.75. The second-order valence-electron chi connectivity index (χ2n) is 6.06. The summed E-state index contributed by atoms with van der Waals surface area (Å²) in [6.07, 6.45) is 3.37. The fourth-order valence-corrected chi connectivity index (χ4v) is 3.04. The number of rotatable bonds is 4. The molecule has 0 fully saturated rings. The van der Waals surface area contributed by atoms with Gasteiger partial charge in [-0.3, -0.25) is 9.78 Å². The van der Waals surface area contributed by atoms with Crippen molar-refractivity contribution in [1.82, 2.24) is 4.98 Å². The number of hydrogen-bond acceptors (Lipinski definition) is 2. The van der Waals surface area contributed by atoms with Gasteiger partial charge >= 0.3 is 0 Å². The van der Waals surface area contributed by atoms with Gasteiger partial charge in [-0.25, -0.2) is 0 Å². The zero-order valence-corrected chi connectivity index (χ0v) is 14.2. The van der Waals surface area contributed by atoms with Crippen LogP contribution in [-0.4, -0.2) is 10.8 Å². The molecule has 0 saturated carbocycles. The molecule has 0 saturated heterocycles. The van der Waals surface area contributed by atoms with Gasteiger partial charge in [-0.15, -0.1) is 0 Å². The maximum atomic E-state index is 12.9. The summed E-state index contributed by atoms with van der Waals surface area (Å²) in [4.78, 5) is 17.1. The van der Waals surface area contributed by atoms with Gasteiger partial charge in [0.2, 0.25) is 0 Å². The van der Waals surface area contributed by atoms with E-state index in [0.717, 1.165) is 16.7 Å². The van der Waals surface area contributed by atoms with Crippen LogP contribution in [0, 0.1) is 0 Å². The molecule has 4 aromatic rings. The summed E-state index contributed by atoms with van der Waals surface area (Å²) in [5.41, 5.74) is 5.52. The molecule has 0 aliphatic rings. The second kappa shape index (κ2) is 7.16. The highest BCUT2D eigenvalue weighted by atomic mass is 16.1. The molecule has 26 heavy (non-hydrogen) atoms. The lowest BCUT2D eigenvalue weighted by atomic mass is 9.94. The first-order valence-corrected chi connectivity index (χ1v) is 8.52. The van der Waals surface area contributed by atoms with Crippen molar-refractivity contribution in [2.75, 3.05) is 0 Å². The third-order valence-corrected chi connectivity index (χ3v) is 4.40. The Hall–Kier alpha value is -3.52. The number of pyridine rings is 1. The lowest BCUT2D eigenvalue weighted by Crippen LogP contribution is -2.04. The van der Waals surface area contributed by atoms with Crippen molar-refractivity contribution in [3.63, 3.8) is 0 Å². The van der Waals surface area contributed by atoms with Gasteiger partial charge in [0.05, 0.1) is 0 Å². The third-order valence-electron chi connectivity index (χ3n) is 4.40. The maximum absolute atomic E-state index is 12.9. The molecular weight excluding hydrogens is 318 g/mol. The summed E-state index contributed by atoms with van der Waals surface area (Å²) in [7, 11) is 0. The van der Waals surface area contributed by atoms with Crippen LogP contribution >= 0.6 is 0 Å². The number of aromatic nitrogens is 1. The summed E-state index contributed by atoms with van der Waals surface area (Å²) in [6.45, 7) is 0. The van der Waals surface area contributed by atoms with Gasteiger partial charge in [-0.2, -0.15) is 0 Å². The van der Waals surface area contributed by atoms with Crippen LogP contribution in [0.15, 0.2) is 103 Å². The van der Waals surface area contributed by atoms with Gasteiger partial charge in [0, 0.05) is 23.5 Å². The monoisotopic (exact) mass is 335 g/mol. The SMILES string of the molecule is O=C(c1ccccc1)c1cnccc1-c1ccc(-c2ccccc2)cc1. The first-order chi connectivity index (χ1) is 12.8. The molecular formula is C24H17NO. The number of ketones is 1. The smallest absolute Gasteiger partial charge is 0.195 e. The first-order valence-electron chi connectivity index (χ1n) is 8.52. The lowest BCUT2D eigenvalue weighted by molar-refractivity contribution is 0.103. The zero-order valence-electron chi connectivity index (χ0n) is 14.2. The summed E-state index contributed by atoms with van der Waals surface area (Å²) in [5.74, 6) is -0.0131. The van der Waals surface area contributed by atoms with E-state index in [4.69, 9.17) is 0 Å². The van der Waals surface area contributed by atoms with Crippen LogP contribution in [0.25, 0.3) is 22.3 Å². The Kier molecular flexibility index (Phi) is 4.40.